The molecule has 0 aromatic heterocycles. The van der Waals surface area contributed by atoms with E-state index in [-0.39, 0.29) is 0 Å². The van der Waals surface area contributed by atoms with Crippen molar-refractivity contribution in [2.45, 2.75) is 58.9 Å². The molecule has 102 valence electrons. The molecule has 17 heavy (non-hydrogen) atoms. The predicted octanol–water partition coefficient (Wildman–Crippen LogP) is 4.18. The van der Waals surface area contributed by atoms with Gasteiger partial charge in [-0.3, -0.25) is 0 Å². The van der Waals surface area contributed by atoms with E-state index < -0.39 is 0 Å². The van der Waals surface area contributed by atoms with Crippen molar-refractivity contribution < 1.29 is 0 Å². The van der Waals surface area contributed by atoms with Crippen LogP contribution in [0.3, 0.4) is 0 Å². The molecule has 3 unspecified atom stereocenters. The van der Waals surface area contributed by atoms with Crippen LogP contribution in [0.1, 0.15) is 52.9 Å². The molecule has 1 aliphatic carbocycles. The molecule has 1 saturated carbocycles. The van der Waals surface area contributed by atoms with Crippen molar-refractivity contribution in [1.29, 1.82) is 0 Å². The van der Waals surface area contributed by atoms with Gasteiger partial charge in [-0.05, 0) is 62.0 Å². The maximum Gasteiger partial charge on any atom is 0.00104 e. The highest BCUT2D eigenvalue weighted by molar-refractivity contribution is 7.98. The first-order chi connectivity index (χ1) is 8.13. The molecule has 0 aliphatic heterocycles. The summed E-state index contributed by atoms with van der Waals surface area (Å²) in [5.41, 5.74) is 0. The highest BCUT2D eigenvalue weighted by Gasteiger charge is 2.27. The summed E-state index contributed by atoms with van der Waals surface area (Å²) in [7, 11) is 0. The van der Waals surface area contributed by atoms with E-state index in [1.165, 1.54) is 44.4 Å². The van der Waals surface area contributed by atoms with Crippen LogP contribution in [0.2, 0.25) is 0 Å². The molecule has 0 amide bonds. The maximum atomic E-state index is 3.65. The third-order valence-electron chi connectivity index (χ3n) is 4.11. The summed E-state index contributed by atoms with van der Waals surface area (Å²) in [4.78, 5) is 0. The normalized spacial score (nSPS) is 29.8. The molecule has 0 aromatic carbocycles. The van der Waals surface area contributed by atoms with Crippen LogP contribution in [0.5, 0.6) is 0 Å². The van der Waals surface area contributed by atoms with Crippen LogP contribution in [0.25, 0.3) is 0 Å². The van der Waals surface area contributed by atoms with Gasteiger partial charge in [0, 0.05) is 6.04 Å². The lowest BCUT2D eigenvalue weighted by atomic mass is 9.73. The van der Waals surface area contributed by atoms with Crippen LogP contribution >= 0.6 is 11.8 Å². The molecule has 0 heterocycles. The fraction of sp³-hybridized carbons (Fsp3) is 1.00. The van der Waals surface area contributed by atoms with E-state index in [9.17, 15) is 0 Å². The lowest BCUT2D eigenvalue weighted by Gasteiger charge is -2.35. The summed E-state index contributed by atoms with van der Waals surface area (Å²) in [6, 6.07) is 0.640. The van der Waals surface area contributed by atoms with Gasteiger partial charge >= 0.3 is 0 Å². The minimum absolute atomic E-state index is 0.640. The molecular formula is C15H31NS. The zero-order valence-corrected chi connectivity index (χ0v) is 13.0. The van der Waals surface area contributed by atoms with E-state index >= 15 is 0 Å². The molecule has 3 atom stereocenters. The quantitative estimate of drug-likeness (QED) is 0.687. The van der Waals surface area contributed by atoms with Gasteiger partial charge < -0.3 is 5.32 Å². The van der Waals surface area contributed by atoms with Crippen LogP contribution in [-0.4, -0.2) is 24.6 Å². The SMILES string of the molecule is CSCCCC1CC(C)CCC1CNC(C)C. The van der Waals surface area contributed by atoms with Crippen molar-refractivity contribution in [2.75, 3.05) is 18.6 Å². The van der Waals surface area contributed by atoms with Crippen molar-refractivity contribution >= 4 is 11.8 Å². The number of rotatable bonds is 7. The summed E-state index contributed by atoms with van der Waals surface area (Å²) in [6.07, 6.45) is 9.46. The predicted molar refractivity (Wildman–Crippen MR) is 80.7 cm³/mol. The molecule has 1 fully saturated rings. The lowest BCUT2D eigenvalue weighted by molar-refractivity contribution is 0.172. The van der Waals surface area contributed by atoms with Crippen LogP contribution < -0.4 is 5.32 Å². The first-order valence-electron chi connectivity index (χ1n) is 7.35. The topological polar surface area (TPSA) is 12.0 Å². The van der Waals surface area contributed by atoms with Gasteiger partial charge in [-0.25, -0.2) is 0 Å². The average Bonchev–Trinajstić information content (AvgIpc) is 2.28. The summed E-state index contributed by atoms with van der Waals surface area (Å²) >= 11 is 1.99. The summed E-state index contributed by atoms with van der Waals surface area (Å²) in [5, 5.41) is 3.65. The van der Waals surface area contributed by atoms with E-state index in [4.69, 9.17) is 0 Å². The largest absolute Gasteiger partial charge is 0.314 e. The first kappa shape index (κ1) is 15.4. The van der Waals surface area contributed by atoms with Crippen LogP contribution in [-0.2, 0) is 0 Å². The number of thioether (sulfide) groups is 1. The molecule has 0 aromatic rings. The average molecular weight is 257 g/mol. The Morgan fingerprint density at radius 2 is 2.00 bits per heavy atom. The Morgan fingerprint density at radius 3 is 2.65 bits per heavy atom. The second kappa shape index (κ2) is 8.42. The maximum absolute atomic E-state index is 3.65. The van der Waals surface area contributed by atoms with Gasteiger partial charge in [0.15, 0.2) is 0 Å². The molecule has 0 saturated heterocycles. The summed E-state index contributed by atoms with van der Waals surface area (Å²) in [6.45, 7) is 8.20. The zero-order chi connectivity index (χ0) is 12.7. The van der Waals surface area contributed by atoms with Gasteiger partial charge in [-0.2, -0.15) is 11.8 Å². The van der Waals surface area contributed by atoms with Crippen LogP contribution in [0.4, 0.5) is 0 Å². The lowest BCUT2D eigenvalue weighted by Crippen LogP contribution is -2.35. The number of hydrogen-bond acceptors (Lipinski definition) is 2. The van der Waals surface area contributed by atoms with E-state index in [0.717, 1.165) is 17.8 Å². The highest BCUT2D eigenvalue weighted by Crippen LogP contribution is 2.36. The van der Waals surface area contributed by atoms with Gasteiger partial charge in [-0.15, -0.1) is 0 Å². The van der Waals surface area contributed by atoms with E-state index in [0.29, 0.717) is 6.04 Å². The van der Waals surface area contributed by atoms with Crippen molar-refractivity contribution in [3.8, 4) is 0 Å². The Bertz CT molecular complexity index is 193. The van der Waals surface area contributed by atoms with Gasteiger partial charge in [-0.1, -0.05) is 27.2 Å². The van der Waals surface area contributed by atoms with Gasteiger partial charge in [0.05, 0.1) is 0 Å². The monoisotopic (exact) mass is 257 g/mol. The molecule has 0 radical (unpaired) electrons. The molecule has 1 nitrogen and oxygen atoms in total. The van der Waals surface area contributed by atoms with Crippen molar-refractivity contribution in [3.05, 3.63) is 0 Å². The number of hydrogen-bond donors (Lipinski definition) is 1. The Kier molecular flexibility index (Phi) is 7.61. The van der Waals surface area contributed by atoms with Gasteiger partial charge in [0.25, 0.3) is 0 Å². The minimum atomic E-state index is 0.640. The summed E-state index contributed by atoms with van der Waals surface area (Å²) < 4.78 is 0. The summed E-state index contributed by atoms with van der Waals surface area (Å²) in [5.74, 6) is 4.23. The third kappa shape index (κ3) is 6.15. The van der Waals surface area contributed by atoms with Crippen molar-refractivity contribution in [3.63, 3.8) is 0 Å². The molecule has 0 bridgehead atoms. The standard InChI is InChI=1S/C15H31NS/c1-12(2)16-11-15-8-7-13(3)10-14(15)6-5-9-17-4/h12-16H,5-11H2,1-4H3. The fourth-order valence-corrected chi connectivity index (χ4v) is 3.52. The molecule has 2 heteroatoms. The smallest absolute Gasteiger partial charge is 0.00104 e. The second-order valence-corrected chi connectivity index (χ2v) is 7.12. The molecular weight excluding hydrogens is 226 g/mol. The zero-order valence-electron chi connectivity index (χ0n) is 12.2. The van der Waals surface area contributed by atoms with Crippen molar-refractivity contribution in [2.24, 2.45) is 17.8 Å². The second-order valence-electron chi connectivity index (χ2n) is 6.14. The Hall–Kier alpha value is 0.310. The van der Waals surface area contributed by atoms with E-state index in [1.807, 2.05) is 11.8 Å². The minimum Gasteiger partial charge on any atom is -0.314 e. The van der Waals surface area contributed by atoms with E-state index in [2.05, 4.69) is 32.3 Å². The van der Waals surface area contributed by atoms with Crippen molar-refractivity contribution in [1.82, 2.24) is 5.32 Å². The molecule has 1 N–H and O–H groups in total. The molecule has 1 aliphatic rings. The van der Waals surface area contributed by atoms with Crippen LogP contribution in [0, 0.1) is 17.8 Å². The van der Waals surface area contributed by atoms with Gasteiger partial charge in [0.2, 0.25) is 0 Å². The van der Waals surface area contributed by atoms with Gasteiger partial charge in [0.1, 0.15) is 0 Å². The Labute approximate surface area is 113 Å². The fourth-order valence-electron chi connectivity index (χ4n) is 3.06. The first-order valence-corrected chi connectivity index (χ1v) is 8.75. The molecule has 1 rings (SSSR count). The highest BCUT2D eigenvalue weighted by atomic mass is 32.2. The third-order valence-corrected chi connectivity index (χ3v) is 4.81. The van der Waals surface area contributed by atoms with E-state index in [1.54, 1.807) is 0 Å². The number of nitrogens with one attached hydrogen (secondary N) is 1. The Morgan fingerprint density at radius 1 is 1.24 bits per heavy atom. The Balaban J connectivity index is 2.35. The van der Waals surface area contributed by atoms with Crippen LogP contribution in [0.15, 0.2) is 0 Å². The molecule has 0 spiro atoms.